The van der Waals surface area contributed by atoms with Crippen molar-refractivity contribution in [1.82, 2.24) is 19.4 Å². The minimum absolute atomic E-state index is 0.453. The molecule has 34 heavy (non-hydrogen) atoms. The molecule has 0 bridgehead atoms. The van der Waals surface area contributed by atoms with E-state index in [1.54, 1.807) is 0 Å². The number of aromatic nitrogens is 3. The second kappa shape index (κ2) is 9.70. The summed E-state index contributed by atoms with van der Waals surface area (Å²) >= 11 is 12.7. The van der Waals surface area contributed by atoms with E-state index in [1.807, 2.05) is 42.1 Å². The Labute approximate surface area is 209 Å². The summed E-state index contributed by atoms with van der Waals surface area (Å²) in [7, 11) is 4.14. The van der Waals surface area contributed by atoms with Crippen LogP contribution in [-0.2, 0) is 13.6 Å². The molecular weight excluding hydrogens is 469 g/mol. The van der Waals surface area contributed by atoms with E-state index in [1.165, 1.54) is 5.69 Å². The largest absolute Gasteiger partial charge is 0.369 e. The fraction of sp³-hybridized carbons (Fsp3) is 0.280. The SMILES string of the molecule is CN1CCN(c2ccc(Nc3nc(NCc4c(Cl)cccc4Cl)c4c(ccn4C)n3)cc2)CC1. The van der Waals surface area contributed by atoms with Crippen molar-refractivity contribution in [2.75, 3.05) is 48.8 Å². The van der Waals surface area contributed by atoms with Crippen LogP contribution in [0.2, 0.25) is 10.0 Å². The molecule has 0 aliphatic carbocycles. The average Bonchev–Trinajstić information content (AvgIpc) is 3.20. The lowest BCUT2D eigenvalue weighted by Crippen LogP contribution is -2.44. The number of hydrogen-bond acceptors (Lipinski definition) is 6. The van der Waals surface area contributed by atoms with Crippen molar-refractivity contribution in [2.45, 2.75) is 6.54 Å². The normalized spacial score (nSPS) is 14.5. The first-order chi connectivity index (χ1) is 16.5. The summed E-state index contributed by atoms with van der Waals surface area (Å²) < 4.78 is 2.00. The Kier molecular flexibility index (Phi) is 6.50. The third-order valence-corrected chi connectivity index (χ3v) is 6.91. The Morgan fingerprint density at radius 1 is 0.882 bits per heavy atom. The zero-order chi connectivity index (χ0) is 23.7. The third kappa shape index (κ3) is 4.78. The molecule has 7 nitrogen and oxygen atoms in total. The molecule has 0 amide bonds. The Morgan fingerprint density at radius 3 is 2.29 bits per heavy atom. The highest BCUT2D eigenvalue weighted by Gasteiger charge is 2.15. The molecule has 0 spiro atoms. The first-order valence-electron chi connectivity index (χ1n) is 11.3. The molecule has 0 radical (unpaired) electrons. The number of hydrogen-bond donors (Lipinski definition) is 2. The van der Waals surface area contributed by atoms with E-state index in [-0.39, 0.29) is 0 Å². The topological polar surface area (TPSA) is 61.2 Å². The van der Waals surface area contributed by atoms with Crippen molar-refractivity contribution in [3.8, 4) is 0 Å². The van der Waals surface area contributed by atoms with Gasteiger partial charge in [0, 0.05) is 73.0 Å². The van der Waals surface area contributed by atoms with Crippen LogP contribution in [0.1, 0.15) is 5.56 Å². The number of fused-ring (bicyclic) bond motifs is 1. The molecule has 1 saturated heterocycles. The molecule has 3 heterocycles. The maximum atomic E-state index is 6.36. The number of likely N-dealkylation sites (N-methyl/N-ethyl adjacent to an activating group) is 1. The highest BCUT2D eigenvalue weighted by Crippen LogP contribution is 2.28. The molecule has 2 aromatic carbocycles. The fourth-order valence-corrected chi connectivity index (χ4v) is 4.73. The van der Waals surface area contributed by atoms with Crippen molar-refractivity contribution in [3.05, 3.63) is 70.3 Å². The summed E-state index contributed by atoms with van der Waals surface area (Å²) in [6.07, 6.45) is 1.97. The summed E-state index contributed by atoms with van der Waals surface area (Å²) in [5.74, 6) is 1.24. The maximum absolute atomic E-state index is 6.36. The van der Waals surface area contributed by atoms with Gasteiger partial charge in [-0.1, -0.05) is 29.3 Å². The van der Waals surface area contributed by atoms with Gasteiger partial charge in [-0.3, -0.25) is 0 Å². The van der Waals surface area contributed by atoms with Crippen LogP contribution in [0.5, 0.6) is 0 Å². The summed E-state index contributed by atoms with van der Waals surface area (Å²) in [5, 5.41) is 8.00. The molecular formula is C25H27Cl2N7. The maximum Gasteiger partial charge on any atom is 0.229 e. The highest BCUT2D eigenvalue weighted by atomic mass is 35.5. The van der Waals surface area contributed by atoms with Crippen LogP contribution in [-0.4, -0.2) is 52.7 Å². The molecule has 0 atom stereocenters. The Hall–Kier alpha value is -3.00. The molecule has 176 valence electrons. The van der Waals surface area contributed by atoms with Gasteiger partial charge in [0.2, 0.25) is 5.95 Å². The number of halogens is 2. The van der Waals surface area contributed by atoms with Gasteiger partial charge in [-0.15, -0.1) is 0 Å². The summed E-state index contributed by atoms with van der Waals surface area (Å²) in [6, 6.07) is 15.9. The molecule has 5 rings (SSSR count). The molecule has 2 aromatic heterocycles. The van der Waals surface area contributed by atoms with E-state index in [4.69, 9.17) is 33.2 Å². The summed E-state index contributed by atoms with van der Waals surface area (Å²) in [6.45, 7) is 4.71. The summed E-state index contributed by atoms with van der Waals surface area (Å²) in [4.78, 5) is 14.3. The monoisotopic (exact) mass is 495 g/mol. The van der Waals surface area contributed by atoms with E-state index in [9.17, 15) is 0 Å². The average molecular weight is 496 g/mol. The minimum Gasteiger partial charge on any atom is -0.369 e. The quantitative estimate of drug-likeness (QED) is 0.374. The molecule has 0 saturated carbocycles. The Balaban J connectivity index is 1.37. The van der Waals surface area contributed by atoms with Crippen LogP contribution >= 0.6 is 23.2 Å². The number of nitrogens with zero attached hydrogens (tertiary/aromatic N) is 5. The van der Waals surface area contributed by atoms with Crippen LogP contribution in [0, 0.1) is 0 Å². The number of anilines is 4. The van der Waals surface area contributed by atoms with Crippen molar-refractivity contribution in [2.24, 2.45) is 7.05 Å². The fourth-order valence-electron chi connectivity index (χ4n) is 4.19. The van der Waals surface area contributed by atoms with Crippen molar-refractivity contribution < 1.29 is 0 Å². The zero-order valence-corrected chi connectivity index (χ0v) is 20.7. The van der Waals surface area contributed by atoms with Gasteiger partial charge in [-0.05, 0) is 49.5 Å². The third-order valence-electron chi connectivity index (χ3n) is 6.21. The van der Waals surface area contributed by atoms with E-state index in [2.05, 4.69) is 51.7 Å². The lowest BCUT2D eigenvalue weighted by Gasteiger charge is -2.34. The van der Waals surface area contributed by atoms with Crippen LogP contribution in [0.4, 0.5) is 23.1 Å². The molecule has 9 heteroatoms. The smallest absolute Gasteiger partial charge is 0.229 e. The number of aryl methyl sites for hydroxylation is 1. The van der Waals surface area contributed by atoms with E-state index < -0.39 is 0 Å². The van der Waals surface area contributed by atoms with Gasteiger partial charge < -0.3 is 25.0 Å². The van der Waals surface area contributed by atoms with E-state index in [0.29, 0.717) is 28.4 Å². The molecule has 1 aliphatic heterocycles. The minimum atomic E-state index is 0.453. The lowest BCUT2D eigenvalue weighted by atomic mass is 10.2. The molecule has 1 aliphatic rings. The molecule has 1 fully saturated rings. The Bertz CT molecular complexity index is 1270. The summed E-state index contributed by atoms with van der Waals surface area (Å²) in [5.41, 5.74) is 4.77. The standard InChI is InChI=1S/C25H27Cl2N7/c1-32-12-14-34(15-13-32)18-8-6-17(7-9-18)29-25-30-22-10-11-33(2)23(22)24(31-25)28-16-19-20(26)4-3-5-21(19)27/h3-11H,12-16H2,1-2H3,(H2,28,29,30,31). The van der Waals surface area contributed by atoms with Gasteiger partial charge in [-0.2, -0.15) is 4.98 Å². The van der Waals surface area contributed by atoms with Gasteiger partial charge in [0.25, 0.3) is 0 Å². The van der Waals surface area contributed by atoms with E-state index in [0.717, 1.165) is 48.5 Å². The second-order valence-electron chi connectivity index (χ2n) is 8.57. The lowest BCUT2D eigenvalue weighted by molar-refractivity contribution is 0.313. The molecule has 2 N–H and O–H groups in total. The first kappa shape index (κ1) is 22.8. The van der Waals surface area contributed by atoms with Crippen LogP contribution in [0.3, 0.4) is 0 Å². The number of benzene rings is 2. The van der Waals surface area contributed by atoms with Gasteiger partial charge in [-0.25, -0.2) is 4.98 Å². The van der Waals surface area contributed by atoms with Crippen molar-refractivity contribution in [1.29, 1.82) is 0 Å². The Morgan fingerprint density at radius 2 is 1.59 bits per heavy atom. The molecule has 4 aromatic rings. The number of nitrogens with one attached hydrogen (secondary N) is 2. The van der Waals surface area contributed by atoms with Gasteiger partial charge >= 0.3 is 0 Å². The second-order valence-corrected chi connectivity index (χ2v) is 9.39. The molecule has 0 unspecified atom stereocenters. The first-order valence-corrected chi connectivity index (χ1v) is 12.0. The zero-order valence-electron chi connectivity index (χ0n) is 19.2. The number of rotatable bonds is 6. The van der Waals surface area contributed by atoms with Gasteiger partial charge in [0.15, 0.2) is 5.82 Å². The van der Waals surface area contributed by atoms with Gasteiger partial charge in [0.1, 0.15) is 5.52 Å². The van der Waals surface area contributed by atoms with Crippen molar-refractivity contribution >= 4 is 57.4 Å². The van der Waals surface area contributed by atoms with Crippen LogP contribution in [0.15, 0.2) is 54.7 Å². The van der Waals surface area contributed by atoms with Crippen molar-refractivity contribution in [3.63, 3.8) is 0 Å². The highest BCUT2D eigenvalue weighted by molar-refractivity contribution is 6.36. The van der Waals surface area contributed by atoms with Crippen LogP contribution < -0.4 is 15.5 Å². The van der Waals surface area contributed by atoms with Crippen LogP contribution in [0.25, 0.3) is 11.0 Å². The predicted molar refractivity (Wildman–Crippen MR) is 142 cm³/mol. The van der Waals surface area contributed by atoms with E-state index >= 15 is 0 Å². The predicted octanol–water partition coefficient (Wildman–Crippen LogP) is 5.38. The van der Waals surface area contributed by atoms with Gasteiger partial charge in [0.05, 0.1) is 5.52 Å². The number of piperazine rings is 1.